The van der Waals surface area contributed by atoms with Crippen LogP contribution < -0.4 is 10.5 Å². The average Bonchev–Trinajstić information content (AvgIpc) is 2.81. The molecule has 1 amide bonds. The van der Waals surface area contributed by atoms with E-state index in [-0.39, 0.29) is 29.7 Å². The molecule has 0 bridgehead atoms. The number of hydrogen-bond acceptors (Lipinski definition) is 9. The average molecular weight is 495 g/mol. The molecule has 1 saturated carbocycles. The van der Waals surface area contributed by atoms with Crippen molar-refractivity contribution in [2.45, 2.75) is 24.5 Å². The van der Waals surface area contributed by atoms with Gasteiger partial charge in [-0.2, -0.15) is 0 Å². The van der Waals surface area contributed by atoms with Gasteiger partial charge in [-0.15, -0.1) is 0 Å². The maximum absolute atomic E-state index is 13.9. The number of aliphatic hydroxyl groups excluding tert-OH is 2. The molecule has 0 heterocycles. The molecule has 0 aromatic heterocycles. The van der Waals surface area contributed by atoms with Crippen molar-refractivity contribution in [1.29, 1.82) is 0 Å². The maximum Gasteiger partial charge on any atom is 0.255 e. The van der Waals surface area contributed by atoms with Crippen LogP contribution in [0.3, 0.4) is 0 Å². The highest BCUT2D eigenvalue weighted by Gasteiger charge is 2.64. The molecule has 188 valence electrons. The van der Waals surface area contributed by atoms with Crippen LogP contribution in [-0.4, -0.2) is 75.6 Å². The van der Waals surface area contributed by atoms with Crippen LogP contribution >= 0.6 is 0 Å². The van der Waals surface area contributed by atoms with Crippen LogP contribution in [0.5, 0.6) is 11.5 Å². The number of aliphatic hydroxyl groups is 3. The van der Waals surface area contributed by atoms with E-state index < -0.39 is 58.0 Å². The van der Waals surface area contributed by atoms with Gasteiger partial charge in [0.1, 0.15) is 28.6 Å². The number of nitrogens with two attached hydrogens (primary N) is 1. The Balaban J connectivity index is 1.80. The molecule has 10 heteroatoms. The third-order valence-electron chi connectivity index (χ3n) is 7.76. The molecule has 3 aliphatic rings. The Morgan fingerprint density at radius 2 is 1.78 bits per heavy atom. The van der Waals surface area contributed by atoms with E-state index in [9.17, 15) is 34.8 Å². The molecule has 1 fully saturated rings. The molecule has 2 aromatic rings. The number of Topliss-reactive ketones (excluding diaryl/α,β-unsaturated/α-hetero) is 2. The van der Waals surface area contributed by atoms with Gasteiger partial charge in [0.05, 0.1) is 18.7 Å². The predicted octanol–water partition coefficient (Wildman–Crippen LogP) is 1.13. The second kappa shape index (κ2) is 7.81. The van der Waals surface area contributed by atoms with E-state index in [1.54, 1.807) is 38.4 Å². The Morgan fingerprint density at radius 1 is 1.14 bits per heavy atom. The number of fused-ring (bicyclic) bond motifs is 4. The largest absolute Gasteiger partial charge is 0.508 e. The highest BCUT2D eigenvalue weighted by atomic mass is 16.5. The standard InChI is InChI=1S/C26H26N2O8/c1-28(2)18-14-9-10-8-13-16(19(29)11-6-4-5-7-12(11)22(13)36-3)20(30)15(10)23(32)26(14,35)24(33)17(21(18)31)25(27)34/h4-7,10,14,18,29-30,33,35H,8-9H2,1-3H3,(H2,27,34)/t10-,14-,18-,26-/m0/s1. The molecular formula is C26H26N2O8. The number of nitrogens with zero attached hydrogens (tertiary/aromatic N) is 1. The van der Waals surface area contributed by atoms with Crippen LogP contribution in [0.2, 0.25) is 0 Å². The molecule has 3 aliphatic carbocycles. The van der Waals surface area contributed by atoms with Gasteiger partial charge in [0.15, 0.2) is 11.4 Å². The monoisotopic (exact) mass is 494 g/mol. The highest BCUT2D eigenvalue weighted by Crippen LogP contribution is 2.55. The van der Waals surface area contributed by atoms with Crippen LogP contribution in [0, 0.1) is 11.8 Å². The van der Waals surface area contributed by atoms with Gasteiger partial charge in [0.25, 0.3) is 5.91 Å². The summed E-state index contributed by atoms with van der Waals surface area (Å²) in [5.74, 6) is -6.39. The van der Waals surface area contributed by atoms with Crippen LogP contribution in [-0.2, 0) is 20.8 Å². The second-order valence-electron chi connectivity index (χ2n) is 9.74. The van der Waals surface area contributed by atoms with Gasteiger partial charge >= 0.3 is 0 Å². The van der Waals surface area contributed by atoms with E-state index in [4.69, 9.17) is 10.5 Å². The molecule has 0 unspecified atom stereocenters. The first kappa shape index (κ1) is 23.8. The summed E-state index contributed by atoms with van der Waals surface area (Å²) >= 11 is 0. The minimum Gasteiger partial charge on any atom is -0.508 e. The van der Waals surface area contributed by atoms with Crippen molar-refractivity contribution in [3.63, 3.8) is 0 Å². The third kappa shape index (κ3) is 2.82. The lowest BCUT2D eigenvalue weighted by Crippen LogP contribution is -2.65. The molecule has 0 radical (unpaired) electrons. The number of phenols is 1. The molecule has 0 aliphatic heterocycles. The van der Waals surface area contributed by atoms with Crippen molar-refractivity contribution < 1.29 is 39.5 Å². The van der Waals surface area contributed by atoms with Crippen LogP contribution in [0.25, 0.3) is 16.5 Å². The lowest BCUT2D eigenvalue weighted by molar-refractivity contribution is -0.153. The number of methoxy groups -OCH3 is 1. The van der Waals surface area contributed by atoms with Crippen molar-refractivity contribution in [3.05, 3.63) is 52.3 Å². The van der Waals surface area contributed by atoms with Gasteiger partial charge < -0.3 is 30.9 Å². The fourth-order valence-electron chi connectivity index (χ4n) is 6.26. The van der Waals surface area contributed by atoms with Crippen molar-refractivity contribution in [2.24, 2.45) is 17.6 Å². The Bertz CT molecular complexity index is 1440. The number of rotatable bonds is 3. The molecule has 2 aromatic carbocycles. The molecule has 10 nitrogen and oxygen atoms in total. The number of ether oxygens (including phenoxy) is 1. The topological polar surface area (TPSA) is 171 Å². The normalized spacial score (nSPS) is 27.8. The highest BCUT2D eigenvalue weighted by molar-refractivity contribution is 6.24. The Hall–Kier alpha value is -3.89. The summed E-state index contributed by atoms with van der Waals surface area (Å²) in [6.07, 6.45) is 0.179. The van der Waals surface area contributed by atoms with Gasteiger partial charge in [0, 0.05) is 27.8 Å². The maximum atomic E-state index is 13.9. The number of phenolic OH excluding ortho intramolecular Hbond substituents is 1. The zero-order valence-electron chi connectivity index (χ0n) is 19.9. The zero-order chi connectivity index (χ0) is 26.3. The third-order valence-corrected chi connectivity index (χ3v) is 7.76. The second-order valence-corrected chi connectivity index (χ2v) is 9.74. The summed E-state index contributed by atoms with van der Waals surface area (Å²) in [4.78, 5) is 40.5. The number of amides is 1. The molecule has 0 saturated heterocycles. The minimum atomic E-state index is -2.67. The lowest BCUT2D eigenvalue weighted by Gasteiger charge is -2.50. The molecule has 6 N–H and O–H groups in total. The smallest absolute Gasteiger partial charge is 0.255 e. The quantitative estimate of drug-likeness (QED) is 0.392. The summed E-state index contributed by atoms with van der Waals surface area (Å²) in [5, 5.41) is 46.0. The number of carbonyl (C=O) groups is 3. The van der Waals surface area contributed by atoms with E-state index in [1.807, 2.05) is 0 Å². The lowest BCUT2D eigenvalue weighted by atomic mass is 9.57. The van der Waals surface area contributed by atoms with E-state index >= 15 is 0 Å². The SMILES string of the molecule is COc1c2c(c(O)c3ccccc13)C(O)=C1C(=O)[C@]3(O)C(O)=C(C(N)=O)C(=O)[C@@H](N(C)C)[C@@H]3C[C@@H]1C2. The minimum absolute atomic E-state index is 0.00170. The van der Waals surface area contributed by atoms with Crippen LogP contribution in [0.15, 0.2) is 41.2 Å². The molecule has 36 heavy (non-hydrogen) atoms. The van der Waals surface area contributed by atoms with Gasteiger partial charge in [-0.1, -0.05) is 24.3 Å². The van der Waals surface area contributed by atoms with Gasteiger partial charge in [-0.3, -0.25) is 19.3 Å². The summed E-state index contributed by atoms with van der Waals surface area (Å²) < 4.78 is 5.66. The number of ketones is 2. The van der Waals surface area contributed by atoms with E-state index in [1.165, 1.54) is 12.0 Å². The zero-order valence-corrected chi connectivity index (χ0v) is 19.9. The van der Waals surface area contributed by atoms with Crippen molar-refractivity contribution in [3.8, 4) is 11.5 Å². The number of likely N-dealkylation sites (N-methyl/N-ethyl adjacent to an activating group) is 1. The Morgan fingerprint density at radius 3 is 2.36 bits per heavy atom. The predicted molar refractivity (Wildman–Crippen MR) is 128 cm³/mol. The van der Waals surface area contributed by atoms with E-state index in [0.717, 1.165) is 0 Å². The number of benzene rings is 2. The fourth-order valence-corrected chi connectivity index (χ4v) is 6.26. The van der Waals surface area contributed by atoms with Gasteiger partial charge in [-0.05, 0) is 32.9 Å². The van der Waals surface area contributed by atoms with Crippen LogP contribution in [0.1, 0.15) is 17.5 Å². The summed E-state index contributed by atoms with van der Waals surface area (Å²) in [7, 11) is 4.58. The van der Waals surface area contributed by atoms with E-state index in [2.05, 4.69) is 0 Å². The molecule has 0 spiro atoms. The number of primary amides is 1. The van der Waals surface area contributed by atoms with Crippen molar-refractivity contribution in [1.82, 2.24) is 4.90 Å². The van der Waals surface area contributed by atoms with Crippen molar-refractivity contribution >= 4 is 34.0 Å². The Labute approximate surface area is 205 Å². The first-order valence-corrected chi connectivity index (χ1v) is 11.4. The molecule has 5 rings (SSSR count). The first-order chi connectivity index (χ1) is 17.0. The number of aromatic hydroxyl groups is 1. The summed E-state index contributed by atoms with van der Waals surface area (Å²) in [6.45, 7) is 0. The number of carbonyl (C=O) groups excluding carboxylic acids is 3. The molecular weight excluding hydrogens is 468 g/mol. The summed E-state index contributed by atoms with van der Waals surface area (Å²) in [6, 6.07) is 5.77. The molecule has 4 atom stereocenters. The Kier molecular flexibility index (Phi) is 5.17. The van der Waals surface area contributed by atoms with Crippen LogP contribution in [0.4, 0.5) is 0 Å². The van der Waals surface area contributed by atoms with Gasteiger partial charge in [-0.25, -0.2) is 0 Å². The van der Waals surface area contributed by atoms with E-state index in [0.29, 0.717) is 22.1 Å². The first-order valence-electron chi connectivity index (χ1n) is 11.4. The van der Waals surface area contributed by atoms with Gasteiger partial charge in [0.2, 0.25) is 5.78 Å². The summed E-state index contributed by atoms with van der Waals surface area (Å²) in [5.41, 5.74) is 2.12. The fraction of sp³-hybridized carbons (Fsp3) is 0.346. The van der Waals surface area contributed by atoms with Crippen molar-refractivity contribution in [2.75, 3.05) is 21.2 Å². The number of hydrogen-bond donors (Lipinski definition) is 5.